The Hall–Kier alpha value is -0.740. The molecule has 2 aromatic rings. The first-order chi connectivity index (χ1) is 7.70. The summed E-state index contributed by atoms with van der Waals surface area (Å²) in [6, 6.07) is 9.97. The van der Waals surface area contributed by atoms with Crippen molar-refractivity contribution in [1.82, 2.24) is 0 Å². The first-order valence-corrected chi connectivity index (χ1v) is 5.90. The molecule has 4 heteroatoms. The molecule has 0 radical (unpaired) electrons. The summed E-state index contributed by atoms with van der Waals surface area (Å²) in [5.74, 6) is 0. The quantitative estimate of drug-likeness (QED) is 0.460. The van der Waals surface area contributed by atoms with Gasteiger partial charge in [0.25, 0.3) is 0 Å². The van der Waals surface area contributed by atoms with Crippen LogP contribution in [0.4, 0.5) is 0 Å². The third kappa shape index (κ3) is 2.50. The number of fused-ring (bicyclic) bond motifs is 1. The van der Waals surface area contributed by atoms with Gasteiger partial charge >= 0.3 is 0 Å². The molecule has 0 bridgehead atoms. The minimum absolute atomic E-state index is 0.750. The molecule has 0 saturated carbocycles. The second kappa shape index (κ2) is 5.06. The second-order valence-corrected chi connectivity index (χ2v) is 4.61. The lowest BCUT2D eigenvalue weighted by Crippen LogP contribution is -1.84. The van der Waals surface area contributed by atoms with Crippen molar-refractivity contribution in [2.45, 2.75) is 11.8 Å². The number of rotatable bonds is 3. The topological polar surface area (TPSA) is 18.5 Å². The molecule has 0 N–H and O–H groups in total. The van der Waals surface area contributed by atoms with Gasteiger partial charge in [-0.15, -0.1) is 0 Å². The maximum Gasteiger partial charge on any atom is 0.0725 e. The zero-order chi connectivity index (χ0) is 11.5. The Bertz CT molecular complexity index is 514. The van der Waals surface area contributed by atoms with E-state index < -0.39 is 0 Å². The van der Waals surface area contributed by atoms with Gasteiger partial charge in [0.1, 0.15) is 0 Å². The predicted octanol–water partition coefficient (Wildman–Crippen LogP) is 4.39. The number of benzene rings is 2. The lowest BCUT2D eigenvalue weighted by atomic mass is 10.1. The van der Waals surface area contributed by atoms with Gasteiger partial charge in [0.15, 0.2) is 0 Å². The Morgan fingerprint density at radius 2 is 1.94 bits per heavy atom. The van der Waals surface area contributed by atoms with Crippen LogP contribution in [0, 0.1) is 6.92 Å². The van der Waals surface area contributed by atoms with E-state index >= 15 is 0 Å². The molecule has 0 unspecified atom stereocenters. The molecule has 0 aromatic heterocycles. The van der Waals surface area contributed by atoms with E-state index in [4.69, 9.17) is 15.9 Å². The van der Waals surface area contributed by atoms with Gasteiger partial charge in [0.2, 0.25) is 0 Å². The van der Waals surface area contributed by atoms with Crippen molar-refractivity contribution >= 4 is 34.4 Å². The summed E-state index contributed by atoms with van der Waals surface area (Å²) in [4.78, 5) is 5.61. The third-order valence-electron chi connectivity index (χ3n) is 2.29. The molecule has 0 saturated heterocycles. The fourth-order valence-corrected chi connectivity index (χ4v) is 2.21. The fourth-order valence-electron chi connectivity index (χ4n) is 1.52. The van der Waals surface area contributed by atoms with Crippen LogP contribution in [0.25, 0.3) is 10.8 Å². The Kier molecular flexibility index (Phi) is 3.71. The third-order valence-corrected chi connectivity index (χ3v) is 3.35. The maximum absolute atomic E-state index is 5.94. The van der Waals surface area contributed by atoms with Crippen molar-refractivity contribution < 1.29 is 9.22 Å². The van der Waals surface area contributed by atoms with Crippen molar-refractivity contribution in [2.75, 3.05) is 7.11 Å². The summed E-state index contributed by atoms with van der Waals surface area (Å²) >= 11 is 7.16. The van der Waals surface area contributed by atoms with Crippen LogP contribution in [0.3, 0.4) is 0 Å². The van der Waals surface area contributed by atoms with E-state index in [-0.39, 0.29) is 0 Å². The Labute approximate surface area is 104 Å². The van der Waals surface area contributed by atoms with Crippen LogP contribution >= 0.6 is 23.6 Å². The molecule has 0 aliphatic rings. The Balaban J connectivity index is 2.45. The average Bonchev–Trinajstić information content (AvgIpc) is 2.26. The van der Waals surface area contributed by atoms with Crippen LogP contribution in [0.1, 0.15) is 5.56 Å². The largest absolute Gasteiger partial charge is 0.227 e. The maximum atomic E-state index is 5.94. The van der Waals surface area contributed by atoms with Crippen molar-refractivity contribution in [3.63, 3.8) is 0 Å². The van der Waals surface area contributed by atoms with E-state index in [0.717, 1.165) is 26.3 Å². The summed E-state index contributed by atoms with van der Waals surface area (Å²) in [7, 11) is 1.49. The number of aryl methyl sites for hydroxylation is 1. The van der Waals surface area contributed by atoms with E-state index in [1.165, 1.54) is 19.2 Å². The molecule has 0 heterocycles. The highest BCUT2D eigenvalue weighted by Crippen LogP contribution is 2.29. The molecular formula is C12H11ClO2S. The number of hydrogen-bond acceptors (Lipinski definition) is 3. The average molecular weight is 255 g/mol. The van der Waals surface area contributed by atoms with E-state index in [1.807, 2.05) is 25.1 Å². The van der Waals surface area contributed by atoms with Gasteiger partial charge in [0, 0.05) is 9.92 Å². The van der Waals surface area contributed by atoms with Crippen molar-refractivity contribution in [1.29, 1.82) is 0 Å². The summed E-state index contributed by atoms with van der Waals surface area (Å²) in [5, 5.41) is 3.02. The van der Waals surface area contributed by atoms with Gasteiger partial charge in [-0.3, -0.25) is 0 Å². The molecule has 2 nitrogen and oxygen atoms in total. The molecule has 0 aliphatic carbocycles. The van der Waals surface area contributed by atoms with Gasteiger partial charge < -0.3 is 0 Å². The molecule has 0 spiro atoms. The second-order valence-electron chi connectivity index (χ2n) is 3.43. The van der Waals surface area contributed by atoms with E-state index in [9.17, 15) is 0 Å². The minimum Gasteiger partial charge on any atom is -0.227 e. The van der Waals surface area contributed by atoms with Gasteiger partial charge in [-0.1, -0.05) is 23.7 Å². The smallest absolute Gasteiger partial charge is 0.0725 e. The molecule has 0 fully saturated rings. The number of halogens is 1. The summed E-state index contributed by atoms with van der Waals surface area (Å²) < 4.78 is 4.86. The molecule has 0 atom stereocenters. The normalized spacial score (nSPS) is 10.9. The molecule has 0 aliphatic heterocycles. The number of hydrogen-bond donors (Lipinski definition) is 0. The molecule has 2 rings (SSSR count). The Morgan fingerprint density at radius 3 is 2.69 bits per heavy atom. The first kappa shape index (κ1) is 11.7. The standard InChI is InChI=1S/C12H11ClO2S/c1-8-5-10-6-11(13)4-3-9(10)7-12(8)16-15-14-2/h3-7H,1-2H3. The molecule has 16 heavy (non-hydrogen) atoms. The van der Waals surface area contributed by atoms with Crippen molar-refractivity contribution in [3.05, 3.63) is 40.9 Å². The highest BCUT2D eigenvalue weighted by molar-refractivity contribution is 7.94. The molecular weight excluding hydrogens is 244 g/mol. The minimum atomic E-state index is 0.750. The summed E-state index contributed by atoms with van der Waals surface area (Å²) in [6.07, 6.45) is 0. The van der Waals surface area contributed by atoms with Gasteiger partial charge in [-0.25, -0.2) is 4.89 Å². The van der Waals surface area contributed by atoms with E-state index in [1.54, 1.807) is 0 Å². The molecule has 2 aromatic carbocycles. The lowest BCUT2D eigenvalue weighted by Gasteiger charge is -2.06. The summed E-state index contributed by atoms with van der Waals surface area (Å²) in [6.45, 7) is 2.03. The zero-order valence-corrected chi connectivity index (χ0v) is 10.6. The molecule has 84 valence electrons. The predicted molar refractivity (Wildman–Crippen MR) is 67.6 cm³/mol. The van der Waals surface area contributed by atoms with Crippen LogP contribution in [-0.2, 0) is 9.22 Å². The zero-order valence-electron chi connectivity index (χ0n) is 8.99. The highest BCUT2D eigenvalue weighted by atomic mass is 35.5. The SMILES string of the molecule is COOSc1cc2ccc(Cl)cc2cc1C. The van der Waals surface area contributed by atoms with E-state index in [2.05, 4.69) is 17.0 Å². The van der Waals surface area contributed by atoms with Crippen LogP contribution in [-0.4, -0.2) is 7.11 Å². The van der Waals surface area contributed by atoms with Gasteiger partial charge in [-0.05, 0) is 41.5 Å². The highest BCUT2D eigenvalue weighted by Gasteiger charge is 2.04. The van der Waals surface area contributed by atoms with Crippen LogP contribution in [0.5, 0.6) is 0 Å². The van der Waals surface area contributed by atoms with Gasteiger partial charge in [-0.2, -0.15) is 4.33 Å². The van der Waals surface area contributed by atoms with Crippen molar-refractivity contribution in [2.24, 2.45) is 0 Å². The first-order valence-electron chi connectivity index (χ1n) is 4.78. The lowest BCUT2D eigenvalue weighted by molar-refractivity contribution is -0.160. The fraction of sp³-hybridized carbons (Fsp3) is 0.167. The Morgan fingerprint density at radius 1 is 1.12 bits per heavy atom. The van der Waals surface area contributed by atoms with Crippen LogP contribution in [0.2, 0.25) is 5.02 Å². The van der Waals surface area contributed by atoms with E-state index in [0.29, 0.717) is 0 Å². The van der Waals surface area contributed by atoms with Crippen molar-refractivity contribution in [3.8, 4) is 0 Å². The van der Waals surface area contributed by atoms with Crippen LogP contribution < -0.4 is 0 Å². The monoisotopic (exact) mass is 254 g/mol. The van der Waals surface area contributed by atoms with Gasteiger partial charge in [0.05, 0.1) is 19.2 Å². The summed E-state index contributed by atoms with van der Waals surface area (Å²) in [5.41, 5.74) is 1.14. The molecule has 0 amide bonds. The van der Waals surface area contributed by atoms with Crippen LogP contribution in [0.15, 0.2) is 35.2 Å².